The van der Waals surface area contributed by atoms with Crippen LogP contribution in [0.1, 0.15) is 39.5 Å². The normalized spacial score (nSPS) is 19.9. The Hall–Kier alpha value is -1.02. The first kappa shape index (κ1) is 15.0. The van der Waals surface area contributed by atoms with Crippen LogP contribution in [0.25, 0.3) is 0 Å². The van der Waals surface area contributed by atoms with Crippen molar-refractivity contribution < 1.29 is 4.74 Å². The molecule has 18 heavy (non-hydrogen) atoms. The highest BCUT2D eigenvalue weighted by Crippen LogP contribution is 2.36. The average Bonchev–Trinajstić information content (AvgIpc) is 2.79. The molecule has 2 heteroatoms. The van der Waals surface area contributed by atoms with E-state index < -0.39 is 0 Å². The molecule has 1 fully saturated rings. The van der Waals surface area contributed by atoms with Gasteiger partial charge in [0, 0.05) is 18.7 Å². The van der Waals surface area contributed by atoms with E-state index in [-0.39, 0.29) is 0 Å². The van der Waals surface area contributed by atoms with Crippen molar-refractivity contribution in [3.8, 4) is 0 Å². The molecule has 102 valence electrons. The average molecular weight is 249 g/mol. The second-order valence-corrected chi connectivity index (χ2v) is 5.50. The zero-order valence-corrected chi connectivity index (χ0v) is 12.1. The number of hydrogen-bond acceptors (Lipinski definition) is 2. The fraction of sp³-hybridized carbons (Fsp3) is 0.625. The summed E-state index contributed by atoms with van der Waals surface area (Å²) in [5, 5.41) is 3.57. The highest BCUT2D eigenvalue weighted by atomic mass is 16.5. The minimum absolute atomic E-state index is 0.494. The summed E-state index contributed by atoms with van der Waals surface area (Å²) in [7, 11) is 1.72. The summed E-state index contributed by atoms with van der Waals surface area (Å²) in [6.45, 7) is 10.0. The summed E-state index contributed by atoms with van der Waals surface area (Å²) in [5.41, 5.74) is 1.69. The SMILES string of the molecule is C=C/C=C\C(CNCC1(C)CCCC1)=C(/C)OC. The molecule has 1 aliphatic carbocycles. The quantitative estimate of drug-likeness (QED) is 0.547. The molecule has 0 unspecified atom stereocenters. The Morgan fingerprint density at radius 2 is 2.06 bits per heavy atom. The van der Waals surface area contributed by atoms with E-state index >= 15 is 0 Å². The van der Waals surface area contributed by atoms with Crippen molar-refractivity contribution in [2.75, 3.05) is 20.2 Å². The van der Waals surface area contributed by atoms with Gasteiger partial charge in [-0.1, -0.05) is 44.6 Å². The molecule has 1 N–H and O–H groups in total. The summed E-state index contributed by atoms with van der Waals surface area (Å²) in [5.74, 6) is 0.970. The Labute approximate surface area is 112 Å². The van der Waals surface area contributed by atoms with E-state index in [1.807, 2.05) is 13.0 Å². The van der Waals surface area contributed by atoms with Crippen LogP contribution in [0.15, 0.2) is 36.1 Å². The molecule has 0 aromatic carbocycles. The third-order valence-corrected chi connectivity index (χ3v) is 3.87. The van der Waals surface area contributed by atoms with Gasteiger partial charge in [0.1, 0.15) is 0 Å². The van der Waals surface area contributed by atoms with E-state index in [1.165, 1.54) is 31.3 Å². The fourth-order valence-electron chi connectivity index (χ4n) is 2.52. The predicted octanol–water partition coefficient (Wildman–Crippen LogP) is 3.82. The van der Waals surface area contributed by atoms with Gasteiger partial charge in [0.2, 0.25) is 0 Å². The predicted molar refractivity (Wildman–Crippen MR) is 78.5 cm³/mol. The van der Waals surface area contributed by atoms with Crippen LogP contribution in [0.5, 0.6) is 0 Å². The Bertz CT molecular complexity index is 322. The van der Waals surface area contributed by atoms with E-state index in [2.05, 4.69) is 24.9 Å². The lowest BCUT2D eigenvalue weighted by Crippen LogP contribution is -2.30. The van der Waals surface area contributed by atoms with Gasteiger partial charge in [-0.05, 0) is 25.2 Å². The third kappa shape index (κ3) is 4.69. The molecule has 0 bridgehead atoms. The van der Waals surface area contributed by atoms with Crippen molar-refractivity contribution in [2.24, 2.45) is 5.41 Å². The molecular weight excluding hydrogens is 222 g/mol. The van der Waals surface area contributed by atoms with E-state index in [0.717, 1.165) is 18.8 Å². The topological polar surface area (TPSA) is 21.3 Å². The highest BCUT2D eigenvalue weighted by Gasteiger charge is 2.27. The van der Waals surface area contributed by atoms with Gasteiger partial charge in [-0.2, -0.15) is 0 Å². The number of nitrogens with one attached hydrogen (secondary N) is 1. The van der Waals surface area contributed by atoms with Crippen LogP contribution in [0, 0.1) is 5.41 Å². The van der Waals surface area contributed by atoms with Gasteiger partial charge >= 0.3 is 0 Å². The largest absolute Gasteiger partial charge is 0.501 e. The van der Waals surface area contributed by atoms with Crippen LogP contribution < -0.4 is 5.32 Å². The Morgan fingerprint density at radius 1 is 1.39 bits per heavy atom. The molecule has 0 spiro atoms. The van der Waals surface area contributed by atoms with Gasteiger partial charge < -0.3 is 10.1 Å². The molecule has 1 rings (SSSR count). The molecule has 0 atom stereocenters. The minimum atomic E-state index is 0.494. The molecule has 0 saturated heterocycles. The summed E-state index contributed by atoms with van der Waals surface area (Å²) in [6, 6.07) is 0. The van der Waals surface area contributed by atoms with Crippen LogP contribution in [-0.2, 0) is 4.74 Å². The van der Waals surface area contributed by atoms with Crippen molar-refractivity contribution >= 4 is 0 Å². The van der Waals surface area contributed by atoms with Crippen LogP contribution in [-0.4, -0.2) is 20.2 Å². The number of allylic oxidation sites excluding steroid dienone is 3. The van der Waals surface area contributed by atoms with Crippen molar-refractivity contribution in [3.05, 3.63) is 36.1 Å². The lowest BCUT2D eigenvalue weighted by Gasteiger charge is -2.24. The molecule has 1 saturated carbocycles. The van der Waals surface area contributed by atoms with E-state index in [0.29, 0.717) is 5.41 Å². The summed E-state index contributed by atoms with van der Waals surface area (Å²) in [6.07, 6.45) is 11.3. The Balaban J connectivity index is 2.47. The number of rotatable bonds is 7. The molecular formula is C16H27NO. The maximum absolute atomic E-state index is 5.31. The van der Waals surface area contributed by atoms with Gasteiger partial charge in [0.05, 0.1) is 12.9 Å². The standard InChI is InChI=1S/C16H27NO/c1-5-6-9-15(14(2)18-4)12-17-13-16(3)10-7-8-11-16/h5-6,9,17H,1,7-8,10-13H2,2-4H3/b9-6-,15-14-. The van der Waals surface area contributed by atoms with Crippen LogP contribution in [0.4, 0.5) is 0 Å². The van der Waals surface area contributed by atoms with E-state index in [4.69, 9.17) is 4.74 Å². The molecule has 0 heterocycles. The maximum Gasteiger partial charge on any atom is 0.0969 e. The minimum Gasteiger partial charge on any atom is -0.501 e. The van der Waals surface area contributed by atoms with Gasteiger partial charge in [-0.15, -0.1) is 0 Å². The molecule has 0 aromatic heterocycles. The van der Waals surface area contributed by atoms with Gasteiger partial charge in [0.25, 0.3) is 0 Å². The zero-order valence-electron chi connectivity index (χ0n) is 12.1. The second kappa shape index (κ2) is 7.42. The zero-order chi connectivity index (χ0) is 13.4. The first-order chi connectivity index (χ1) is 8.61. The Kier molecular flexibility index (Phi) is 6.20. The fourth-order valence-corrected chi connectivity index (χ4v) is 2.52. The molecule has 0 radical (unpaired) electrons. The monoisotopic (exact) mass is 249 g/mol. The number of methoxy groups -OCH3 is 1. The van der Waals surface area contributed by atoms with E-state index in [9.17, 15) is 0 Å². The smallest absolute Gasteiger partial charge is 0.0969 e. The van der Waals surface area contributed by atoms with Crippen molar-refractivity contribution in [1.29, 1.82) is 0 Å². The first-order valence-corrected chi connectivity index (χ1v) is 6.85. The van der Waals surface area contributed by atoms with Gasteiger partial charge in [0.15, 0.2) is 0 Å². The molecule has 0 aromatic rings. The lowest BCUT2D eigenvalue weighted by atomic mass is 9.89. The van der Waals surface area contributed by atoms with Gasteiger partial charge in [-0.3, -0.25) is 0 Å². The second-order valence-electron chi connectivity index (χ2n) is 5.50. The molecule has 2 nitrogen and oxygen atoms in total. The molecule has 0 aliphatic heterocycles. The van der Waals surface area contributed by atoms with Crippen molar-refractivity contribution in [2.45, 2.75) is 39.5 Å². The van der Waals surface area contributed by atoms with Crippen LogP contribution in [0.2, 0.25) is 0 Å². The van der Waals surface area contributed by atoms with Crippen LogP contribution in [0.3, 0.4) is 0 Å². The summed E-state index contributed by atoms with van der Waals surface area (Å²) < 4.78 is 5.31. The van der Waals surface area contributed by atoms with Crippen molar-refractivity contribution in [3.63, 3.8) is 0 Å². The molecule has 1 aliphatic rings. The van der Waals surface area contributed by atoms with Gasteiger partial charge in [-0.25, -0.2) is 0 Å². The number of ether oxygens (including phenoxy) is 1. The van der Waals surface area contributed by atoms with E-state index in [1.54, 1.807) is 13.2 Å². The lowest BCUT2D eigenvalue weighted by molar-refractivity contribution is 0.286. The third-order valence-electron chi connectivity index (χ3n) is 3.87. The molecule has 0 amide bonds. The Morgan fingerprint density at radius 3 is 2.61 bits per heavy atom. The first-order valence-electron chi connectivity index (χ1n) is 6.85. The summed E-state index contributed by atoms with van der Waals surface area (Å²) in [4.78, 5) is 0. The number of hydrogen-bond donors (Lipinski definition) is 1. The van der Waals surface area contributed by atoms with Crippen molar-refractivity contribution in [1.82, 2.24) is 5.32 Å². The van der Waals surface area contributed by atoms with Crippen LogP contribution >= 0.6 is 0 Å². The maximum atomic E-state index is 5.31. The summed E-state index contributed by atoms with van der Waals surface area (Å²) >= 11 is 0. The highest BCUT2D eigenvalue weighted by molar-refractivity contribution is 5.25.